The molecule has 0 radical (unpaired) electrons. The Balaban J connectivity index is 1.13. The summed E-state index contributed by atoms with van der Waals surface area (Å²) in [5, 5.41) is 19.9. The minimum atomic E-state index is -0.0596. The first-order valence-corrected chi connectivity index (χ1v) is 10.3. The molecule has 2 N–H and O–H groups in total. The maximum absolute atomic E-state index is 11.9. The van der Waals surface area contributed by atoms with Crippen LogP contribution in [-0.4, -0.2) is 40.2 Å². The topological polar surface area (TPSA) is 91.7 Å². The molecular weight excluding hydrogens is 378 g/mol. The van der Waals surface area contributed by atoms with Gasteiger partial charge in [-0.3, -0.25) is 9.89 Å². The monoisotopic (exact) mass is 401 g/mol. The molecule has 0 atom stereocenters. The van der Waals surface area contributed by atoms with Crippen LogP contribution in [0.4, 0.5) is 0 Å². The molecule has 2 aliphatic rings. The van der Waals surface area contributed by atoms with Gasteiger partial charge < -0.3 is 10.1 Å². The molecule has 152 valence electrons. The van der Waals surface area contributed by atoms with Gasteiger partial charge in [0.1, 0.15) is 5.75 Å². The lowest BCUT2D eigenvalue weighted by Crippen LogP contribution is -2.41. The minimum absolute atomic E-state index is 0.0467. The average Bonchev–Trinajstić information content (AvgIpc) is 3.39. The van der Waals surface area contributed by atoms with Gasteiger partial charge in [0.25, 0.3) is 5.91 Å². The van der Waals surface area contributed by atoms with Crippen molar-refractivity contribution >= 4 is 28.2 Å². The van der Waals surface area contributed by atoms with Gasteiger partial charge in [0, 0.05) is 24.3 Å². The van der Waals surface area contributed by atoms with Crippen molar-refractivity contribution in [2.75, 3.05) is 6.61 Å². The number of ether oxygens (including phenoxy) is 1. The molecule has 0 unspecified atom stereocenters. The first-order chi connectivity index (χ1) is 14.7. The summed E-state index contributed by atoms with van der Waals surface area (Å²) in [6.07, 6.45) is 6.67. The van der Waals surface area contributed by atoms with E-state index in [0.717, 1.165) is 53.6 Å². The number of carbonyl (C=O) groups is 1. The molecule has 1 aliphatic carbocycles. The molecule has 1 fully saturated rings. The zero-order chi connectivity index (χ0) is 20.3. The van der Waals surface area contributed by atoms with Gasteiger partial charge in [-0.15, -0.1) is 0 Å². The highest BCUT2D eigenvalue weighted by atomic mass is 16.5. The van der Waals surface area contributed by atoms with Crippen LogP contribution >= 0.6 is 0 Å². The van der Waals surface area contributed by atoms with Gasteiger partial charge in [0.05, 0.1) is 23.1 Å². The van der Waals surface area contributed by atoms with Crippen LogP contribution in [0.2, 0.25) is 0 Å². The Bertz CT molecular complexity index is 1130. The molecule has 7 heteroatoms. The molecule has 1 amide bonds. The Morgan fingerprint density at radius 1 is 1.13 bits per heavy atom. The van der Waals surface area contributed by atoms with E-state index in [-0.39, 0.29) is 12.5 Å². The maximum Gasteiger partial charge on any atom is 0.258 e. The van der Waals surface area contributed by atoms with Crippen LogP contribution in [0.25, 0.3) is 10.9 Å². The minimum Gasteiger partial charge on any atom is -0.484 e. The third-order valence-corrected chi connectivity index (χ3v) is 5.62. The number of benzene rings is 2. The second kappa shape index (κ2) is 8.10. The highest BCUT2D eigenvalue weighted by Gasteiger charge is 2.19. The SMILES string of the molecule is O=C(COc1ccc(C2=NN=C(Cc3ccc4[nH]ncc4c3)C2)cc1)NC1CCC1. The van der Waals surface area contributed by atoms with Gasteiger partial charge in [-0.2, -0.15) is 15.3 Å². The Hall–Kier alpha value is -3.48. The molecule has 0 spiro atoms. The van der Waals surface area contributed by atoms with Crippen LogP contribution in [0.15, 0.2) is 58.9 Å². The Kier molecular flexibility index (Phi) is 5.01. The van der Waals surface area contributed by atoms with Crippen molar-refractivity contribution < 1.29 is 9.53 Å². The Morgan fingerprint density at radius 2 is 2.00 bits per heavy atom. The van der Waals surface area contributed by atoms with Crippen LogP contribution < -0.4 is 10.1 Å². The van der Waals surface area contributed by atoms with Crippen molar-refractivity contribution in [1.29, 1.82) is 0 Å². The Labute approximate surface area is 174 Å². The first-order valence-electron chi connectivity index (χ1n) is 10.3. The van der Waals surface area contributed by atoms with Gasteiger partial charge in [-0.05, 0) is 66.8 Å². The number of carbonyl (C=O) groups excluding carboxylic acids is 1. The maximum atomic E-state index is 11.9. The van der Waals surface area contributed by atoms with E-state index in [1.807, 2.05) is 36.5 Å². The van der Waals surface area contributed by atoms with Crippen LogP contribution in [0, 0.1) is 0 Å². The number of aromatic nitrogens is 2. The number of nitrogens with one attached hydrogen (secondary N) is 2. The summed E-state index contributed by atoms with van der Waals surface area (Å²) >= 11 is 0. The largest absolute Gasteiger partial charge is 0.484 e. The van der Waals surface area contributed by atoms with Crippen LogP contribution in [0.5, 0.6) is 5.75 Å². The van der Waals surface area contributed by atoms with Crippen molar-refractivity contribution in [3.05, 3.63) is 59.8 Å². The highest BCUT2D eigenvalue weighted by molar-refractivity contribution is 6.15. The number of hydrogen-bond acceptors (Lipinski definition) is 5. The summed E-state index contributed by atoms with van der Waals surface area (Å²) in [7, 11) is 0. The summed E-state index contributed by atoms with van der Waals surface area (Å²) in [6, 6.07) is 14.3. The summed E-state index contributed by atoms with van der Waals surface area (Å²) in [5.74, 6) is 0.617. The van der Waals surface area contributed by atoms with Gasteiger partial charge in [0.2, 0.25) is 0 Å². The third kappa shape index (κ3) is 4.10. The van der Waals surface area contributed by atoms with Gasteiger partial charge in [-0.25, -0.2) is 0 Å². The lowest BCUT2D eigenvalue weighted by Gasteiger charge is -2.26. The van der Waals surface area contributed by atoms with Gasteiger partial charge in [0.15, 0.2) is 6.61 Å². The van der Waals surface area contributed by atoms with Crippen molar-refractivity contribution in [2.45, 2.75) is 38.1 Å². The summed E-state index contributed by atoms with van der Waals surface area (Å²) in [6.45, 7) is 0.0467. The molecule has 30 heavy (non-hydrogen) atoms. The number of amides is 1. The number of nitrogens with zero attached hydrogens (tertiary/aromatic N) is 3. The predicted molar refractivity (Wildman–Crippen MR) is 116 cm³/mol. The molecule has 3 aromatic rings. The molecule has 1 saturated carbocycles. The zero-order valence-electron chi connectivity index (χ0n) is 16.6. The zero-order valence-corrected chi connectivity index (χ0v) is 16.6. The molecular formula is C23H23N5O2. The second-order valence-corrected chi connectivity index (χ2v) is 7.87. The number of H-pyrrole nitrogens is 1. The molecule has 1 aromatic heterocycles. The predicted octanol–water partition coefficient (Wildman–Crippen LogP) is 3.40. The Morgan fingerprint density at radius 3 is 2.80 bits per heavy atom. The summed E-state index contributed by atoms with van der Waals surface area (Å²) in [5.41, 5.74) is 5.24. The number of fused-ring (bicyclic) bond motifs is 1. The number of rotatable bonds is 7. The number of hydrogen-bond donors (Lipinski definition) is 2. The second-order valence-electron chi connectivity index (χ2n) is 7.87. The van der Waals surface area contributed by atoms with E-state index in [4.69, 9.17) is 4.74 Å². The molecule has 1 aliphatic heterocycles. The van der Waals surface area contributed by atoms with Crippen molar-refractivity contribution in [1.82, 2.24) is 15.5 Å². The quantitative estimate of drug-likeness (QED) is 0.636. The van der Waals surface area contributed by atoms with E-state index < -0.39 is 0 Å². The molecule has 2 aromatic carbocycles. The first kappa shape index (κ1) is 18.5. The fourth-order valence-electron chi connectivity index (χ4n) is 3.70. The highest BCUT2D eigenvalue weighted by Crippen LogP contribution is 2.20. The van der Waals surface area contributed by atoms with Gasteiger partial charge >= 0.3 is 0 Å². The lowest BCUT2D eigenvalue weighted by atomic mass is 9.93. The molecule has 2 heterocycles. The van der Waals surface area contributed by atoms with Crippen molar-refractivity contribution in [3.63, 3.8) is 0 Å². The fraction of sp³-hybridized carbons (Fsp3) is 0.304. The normalized spacial score (nSPS) is 16.1. The molecule has 7 nitrogen and oxygen atoms in total. The standard InChI is InChI=1S/C23H23N5O2/c29-23(25-18-2-1-3-18)14-30-20-7-5-16(6-8-20)22-12-19(26-28-22)11-15-4-9-21-17(10-15)13-24-27-21/h4-10,13,18H,1-3,11-12,14H2,(H,24,27)(H,25,29). The van der Waals surface area contributed by atoms with Crippen LogP contribution in [0.1, 0.15) is 36.8 Å². The fourth-order valence-corrected chi connectivity index (χ4v) is 3.70. The van der Waals surface area contributed by atoms with E-state index in [1.165, 1.54) is 12.0 Å². The van der Waals surface area contributed by atoms with Gasteiger partial charge in [-0.1, -0.05) is 6.07 Å². The van der Waals surface area contributed by atoms with E-state index in [0.29, 0.717) is 11.8 Å². The van der Waals surface area contributed by atoms with E-state index >= 15 is 0 Å². The summed E-state index contributed by atoms with van der Waals surface area (Å²) in [4.78, 5) is 11.9. The third-order valence-electron chi connectivity index (χ3n) is 5.62. The molecule has 0 bridgehead atoms. The van der Waals surface area contributed by atoms with Crippen molar-refractivity contribution in [2.24, 2.45) is 10.2 Å². The number of aromatic amines is 1. The van der Waals surface area contributed by atoms with E-state index in [2.05, 4.69) is 37.8 Å². The van der Waals surface area contributed by atoms with E-state index in [1.54, 1.807) is 0 Å². The van der Waals surface area contributed by atoms with Crippen LogP contribution in [0.3, 0.4) is 0 Å². The average molecular weight is 401 g/mol. The smallest absolute Gasteiger partial charge is 0.258 e. The summed E-state index contributed by atoms with van der Waals surface area (Å²) < 4.78 is 5.60. The van der Waals surface area contributed by atoms with E-state index in [9.17, 15) is 4.79 Å². The molecule has 0 saturated heterocycles. The molecule has 5 rings (SSSR count). The lowest BCUT2D eigenvalue weighted by molar-refractivity contribution is -0.124. The van der Waals surface area contributed by atoms with Crippen LogP contribution in [-0.2, 0) is 11.2 Å². The van der Waals surface area contributed by atoms with Crippen molar-refractivity contribution in [3.8, 4) is 5.75 Å².